The van der Waals surface area contributed by atoms with Crippen LogP contribution in [0.4, 0.5) is 13.2 Å². The molecule has 0 saturated heterocycles. The van der Waals surface area contributed by atoms with E-state index in [4.69, 9.17) is 5.11 Å². The van der Waals surface area contributed by atoms with E-state index in [2.05, 4.69) is 0 Å². The Hall–Kier alpha value is -1.56. The number of benzene rings is 1. The Balaban J connectivity index is 3.02. The van der Waals surface area contributed by atoms with E-state index in [0.717, 1.165) is 16.0 Å². The third-order valence-electron chi connectivity index (χ3n) is 2.99. The number of alkyl halides is 3. The maximum Gasteiger partial charge on any atom is 0.401 e. The van der Waals surface area contributed by atoms with Crippen LogP contribution < -0.4 is 0 Å². The molecule has 1 rings (SSSR count). The summed E-state index contributed by atoms with van der Waals surface area (Å²) in [6.45, 7) is 3.41. The van der Waals surface area contributed by atoms with Crippen LogP contribution in [0.25, 0.3) is 0 Å². The largest absolute Gasteiger partial charge is 0.480 e. The molecule has 20 heavy (non-hydrogen) atoms. The molecule has 1 unspecified atom stereocenters. The third kappa shape index (κ3) is 5.21. The Morgan fingerprint density at radius 3 is 2.15 bits per heavy atom. The summed E-state index contributed by atoms with van der Waals surface area (Å²) in [5.41, 5.74) is 2.57. The van der Waals surface area contributed by atoms with Crippen LogP contribution in [-0.2, 0) is 4.79 Å². The van der Waals surface area contributed by atoms with E-state index in [1.807, 2.05) is 19.9 Å². The number of rotatable bonds is 5. The monoisotopic (exact) mass is 289 g/mol. The lowest BCUT2D eigenvalue weighted by Gasteiger charge is -2.29. The molecule has 0 saturated carbocycles. The summed E-state index contributed by atoms with van der Waals surface area (Å²) in [6, 6.07) is 4.86. The molecule has 3 nitrogen and oxygen atoms in total. The standard InChI is InChI=1S/C14H18F3NO2/c1-9-4-10(2)6-12(5-9)11(3)18(7-13(19)20)8-14(15,16)17/h4-6,11H,7-8H2,1-3H3,(H,19,20). The van der Waals surface area contributed by atoms with Crippen LogP contribution in [0, 0.1) is 13.8 Å². The van der Waals surface area contributed by atoms with E-state index < -0.39 is 31.3 Å². The number of aryl methyl sites for hydroxylation is 2. The SMILES string of the molecule is Cc1cc(C)cc(C(C)N(CC(=O)O)CC(F)(F)F)c1. The van der Waals surface area contributed by atoms with E-state index in [1.165, 1.54) is 0 Å². The van der Waals surface area contributed by atoms with Gasteiger partial charge in [0.15, 0.2) is 0 Å². The first kappa shape index (κ1) is 16.5. The van der Waals surface area contributed by atoms with Crippen molar-refractivity contribution in [1.29, 1.82) is 0 Å². The average molecular weight is 289 g/mol. The molecule has 0 aliphatic carbocycles. The number of carbonyl (C=O) groups is 1. The maximum atomic E-state index is 12.6. The minimum Gasteiger partial charge on any atom is -0.480 e. The fraction of sp³-hybridized carbons (Fsp3) is 0.500. The summed E-state index contributed by atoms with van der Waals surface area (Å²) in [4.78, 5) is 11.7. The van der Waals surface area contributed by atoms with Gasteiger partial charge in [-0.15, -0.1) is 0 Å². The summed E-state index contributed by atoms with van der Waals surface area (Å²) in [5, 5.41) is 8.78. The lowest BCUT2D eigenvalue weighted by molar-refractivity contribution is -0.157. The van der Waals surface area contributed by atoms with E-state index in [0.29, 0.717) is 5.56 Å². The molecule has 0 fully saturated rings. The molecule has 0 aliphatic rings. The smallest absolute Gasteiger partial charge is 0.401 e. The Bertz CT molecular complexity index is 466. The Morgan fingerprint density at radius 1 is 1.25 bits per heavy atom. The van der Waals surface area contributed by atoms with Crippen LogP contribution >= 0.6 is 0 Å². The quantitative estimate of drug-likeness (QED) is 0.904. The molecule has 0 spiro atoms. The summed E-state index contributed by atoms with van der Waals surface area (Å²) in [5.74, 6) is -1.27. The van der Waals surface area contributed by atoms with Gasteiger partial charge in [0, 0.05) is 6.04 Å². The molecule has 0 aromatic heterocycles. The zero-order chi connectivity index (χ0) is 15.5. The first-order valence-electron chi connectivity index (χ1n) is 6.19. The van der Waals surface area contributed by atoms with Gasteiger partial charge in [-0.25, -0.2) is 0 Å². The highest BCUT2D eigenvalue weighted by molar-refractivity contribution is 5.69. The number of aliphatic carboxylic acids is 1. The lowest BCUT2D eigenvalue weighted by atomic mass is 10.0. The molecule has 0 amide bonds. The Morgan fingerprint density at radius 2 is 1.75 bits per heavy atom. The van der Waals surface area contributed by atoms with Gasteiger partial charge in [-0.1, -0.05) is 29.3 Å². The van der Waals surface area contributed by atoms with Crippen molar-refractivity contribution in [1.82, 2.24) is 4.90 Å². The third-order valence-corrected chi connectivity index (χ3v) is 2.99. The van der Waals surface area contributed by atoms with Gasteiger partial charge in [0.25, 0.3) is 0 Å². The van der Waals surface area contributed by atoms with E-state index >= 15 is 0 Å². The average Bonchev–Trinajstić information content (AvgIpc) is 2.23. The van der Waals surface area contributed by atoms with Gasteiger partial charge in [0.1, 0.15) is 0 Å². The second-order valence-electron chi connectivity index (χ2n) is 5.01. The molecule has 0 radical (unpaired) electrons. The van der Waals surface area contributed by atoms with Gasteiger partial charge in [0.2, 0.25) is 0 Å². The predicted octanol–water partition coefficient (Wildman–Crippen LogP) is 3.31. The number of carboxylic acids is 1. The predicted molar refractivity (Wildman–Crippen MR) is 69.6 cm³/mol. The summed E-state index contributed by atoms with van der Waals surface area (Å²) in [7, 11) is 0. The van der Waals surface area contributed by atoms with Gasteiger partial charge < -0.3 is 5.11 Å². The van der Waals surface area contributed by atoms with Crippen molar-refractivity contribution >= 4 is 5.97 Å². The van der Waals surface area contributed by atoms with Crippen molar-refractivity contribution in [2.75, 3.05) is 13.1 Å². The van der Waals surface area contributed by atoms with E-state index in [-0.39, 0.29) is 0 Å². The van der Waals surface area contributed by atoms with Gasteiger partial charge in [-0.3, -0.25) is 9.69 Å². The molecule has 0 bridgehead atoms. The summed E-state index contributed by atoms with van der Waals surface area (Å²) < 4.78 is 37.7. The van der Waals surface area contributed by atoms with Crippen LogP contribution in [0.2, 0.25) is 0 Å². The number of nitrogens with zero attached hydrogens (tertiary/aromatic N) is 1. The van der Waals surface area contributed by atoms with Gasteiger partial charge >= 0.3 is 12.1 Å². The van der Waals surface area contributed by atoms with Crippen molar-refractivity contribution < 1.29 is 23.1 Å². The Labute approximate surface area is 116 Å². The van der Waals surface area contributed by atoms with Crippen LogP contribution in [-0.4, -0.2) is 35.2 Å². The first-order valence-corrected chi connectivity index (χ1v) is 6.19. The minimum absolute atomic E-state index is 0.619. The van der Waals surface area contributed by atoms with Gasteiger partial charge in [0.05, 0.1) is 13.1 Å². The van der Waals surface area contributed by atoms with Crippen LogP contribution in [0.3, 0.4) is 0 Å². The molecular weight excluding hydrogens is 271 g/mol. The fourth-order valence-corrected chi connectivity index (χ4v) is 2.20. The van der Waals surface area contributed by atoms with Gasteiger partial charge in [-0.05, 0) is 26.3 Å². The summed E-state index contributed by atoms with van der Waals surface area (Å²) in [6.07, 6.45) is -4.43. The zero-order valence-corrected chi connectivity index (χ0v) is 11.7. The number of halogens is 3. The van der Waals surface area contributed by atoms with Crippen molar-refractivity contribution in [3.8, 4) is 0 Å². The van der Waals surface area contributed by atoms with Crippen molar-refractivity contribution in [2.45, 2.75) is 33.0 Å². The highest BCUT2D eigenvalue weighted by Gasteiger charge is 2.34. The van der Waals surface area contributed by atoms with E-state index in [9.17, 15) is 18.0 Å². The number of carboxylic acid groups (broad SMARTS) is 1. The number of hydrogen-bond acceptors (Lipinski definition) is 2. The molecule has 1 aromatic carbocycles. The molecule has 1 N–H and O–H groups in total. The highest BCUT2D eigenvalue weighted by atomic mass is 19.4. The first-order chi connectivity index (χ1) is 9.08. The molecule has 0 heterocycles. The van der Waals surface area contributed by atoms with Crippen molar-refractivity contribution in [3.63, 3.8) is 0 Å². The molecule has 112 valence electrons. The van der Waals surface area contributed by atoms with Crippen molar-refractivity contribution in [3.05, 3.63) is 34.9 Å². The second kappa shape index (κ2) is 6.26. The molecule has 1 atom stereocenters. The highest BCUT2D eigenvalue weighted by Crippen LogP contribution is 2.26. The molecular formula is C14H18F3NO2. The zero-order valence-electron chi connectivity index (χ0n) is 11.7. The molecule has 0 aliphatic heterocycles. The lowest BCUT2D eigenvalue weighted by Crippen LogP contribution is -2.39. The maximum absolute atomic E-state index is 12.6. The fourth-order valence-electron chi connectivity index (χ4n) is 2.20. The minimum atomic E-state index is -4.43. The van der Waals surface area contributed by atoms with Crippen molar-refractivity contribution in [2.24, 2.45) is 0 Å². The topological polar surface area (TPSA) is 40.5 Å². The van der Waals surface area contributed by atoms with Crippen LogP contribution in [0.15, 0.2) is 18.2 Å². The van der Waals surface area contributed by atoms with Crippen LogP contribution in [0.5, 0.6) is 0 Å². The normalized spacial score (nSPS) is 13.6. The second-order valence-corrected chi connectivity index (χ2v) is 5.01. The Kier molecular flexibility index (Phi) is 5.16. The van der Waals surface area contributed by atoms with Crippen LogP contribution in [0.1, 0.15) is 29.7 Å². The summed E-state index contributed by atoms with van der Waals surface area (Å²) >= 11 is 0. The molecule has 6 heteroatoms. The molecule has 1 aromatic rings. The van der Waals surface area contributed by atoms with Gasteiger partial charge in [-0.2, -0.15) is 13.2 Å². The number of hydrogen-bond donors (Lipinski definition) is 1. The van der Waals surface area contributed by atoms with E-state index in [1.54, 1.807) is 19.1 Å².